The predicted molar refractivity (Wildman–Crippen MR) is 116 cm³/mol. The molecule has 8 heteroatoms. The topological polar surface area (TPSA) is 64.7 Å². The number of rotatable bonds is 3. The van der Waals surface area contributed by atoms with E-state index >= 15 is 0 Å². The molecule has 0 aliphatic carbocycles. The van der Waals surface area contributed by atoms with Gasteiger partial charge < -0.3 is 5.73 Å². The van der Waals surface area contributed by atoms with E-state index in [1.807, 2.05) is 6.07 Å². The number of nitrogen functional groups attached to an aromatic ring is 1. The molecule has 0 saturated heterocycles. The zero-order valence-electron chi connectivity index (χ0n) is 14.7. The Hall–Kier alpha value is -2.73. The number of halogens is 4. The fourth-order valence-electron chi connectivity index (χ4n) is 3.05. The minimum absolute atomic E-state index is 0.0687. The van der Waals surface area contributed by atoms with Crippen molar-refractivity contribution in [3.8, 4) is 33.6 Å². The van der Waals surface area contributed by atoms with Crippen molar-refractivity contribution >= 4 is 40.5 Å². The summed E-state index contributed by atoms with van der Waals surface area (Å²) in [6.07, 6.45) is 1.45. The van der Waals surface area contributed by atoms with Gasteiger partial charge in [-0.05, 0) is 35.9 Å². The van der Waals surface area contributed by atoms with Crippen molar-refractivity contribution in [3.05, 3.63) is 81.8 Å². The average molecular weight is 446 g/mol. The molecule has 0 aliphatic rings. The summed E-state index contributed by atoms with van der Waals surface area (Å²) in [7, 11) is 0. The number of aromatic nitrogens is 3. The van der Waals surface area contributed by atoms with E-state index in [0.717, 1.165) is 0 Å². The van der Waals surface area contributed by atoms with E-state index < -0.39 is 5.82 Å². The fraction of sp³-hybridized carbons (Fsp3) is 0. The average Bonchev–Trinajstić information content (AvgIpc) is 2.69. The van der Waals surface area contributed by atoms with E-state index in [-0.39, 0.29) is 15.7 Å². The van der Waals surface area contributed by atoms with Crippen LogP contribution in [0.1, 0.15) is 0 Å². The molecule has 2 aromatic carbocycles. The molecule has 0 bridgehead atoms. The molecule has 144 valence electrons. The summed E-state index contributed by atoms with van der Waals surface area (Å²) in [5.74, 6) is -0.449. The molecule has 0 radical (unpaired) electrons. The maximum atomic E-state index is 14.6. The van der Waals surface area contributed by atoms with Crippen molar-refractivity contribution in [1.82, 2.24) is 15.2 Å². The van der Waals surface area contributed by atoms with Gasteiger partial charge in [0.2, 0.25) is 0 Å². The minimum atomic E-state index is -0.449. The Morgan fingerprint density at radius 3 is 2.34 bits per heavy atom. The smallest absolute Gasteiger partial charge is 0.161 e. The summed E-state index contributed by atoms with van der Waals surface area (Å²) in [6.45, 7) is 0. The fourth-order valence-corrected chi connectivity index (χ4v) is 3.74. The van der Waals surface area contributed by atoms with Gasteiger partial charge in [0.15, 0.2) is 5.15 Å². The molecule has 4 nitrogen and oxygen atoms in total. The largest absolute Gasteiger partial charge is 0.399 e. The van der Waals surface area contributed by atoms with Crippen LogP contribution < -0.4 is 5.73 Å². The second kappa shape index (κ2) is 7.95. The van der Waals surface area contributed by atoms with Gasteiger partial charge >= 0.3 is 0 Å². The van der Waals surface area contributed by atoms with Gasteiger partial charge in [-0.3, -0.25) is 4.98 Å². The number of nitrogens with zero attached hydrogens (tertiary/aromatic N) is 3. The first-order valence-corrected chi connectivity index (χ1v) is 9.57. The molecule has 2 heterocycles. The van der Waals surface area contributed by atoms with Gasteiger partial charge in [0.25, 0.3) is 0 Å². The second-order valence-corrected chi connectivity index (χ2v) is 7.38. The Kier molecular flexibility index (Phi) is 5.37. The Bertz CT molecular complexity index is 1230. The van der Waals surface area contributed by atoms with Gasteiger partial charge in [0.1, 0.15) is 11.5 Å². The molecule has 2 aromatic heterocycles. The molecule has 0 fully saturated rings. The van der Waals surface area contributed by atoms with Crippen molar-refractivity contribution in [2.24, 2.45) is 0 Å². The third-order valence-corrected chi connectivity index (χ3v) is 5.04. The van der Waals surface area contributed by atoms with Crippen LogP contribution in [0.5, 0.6) is 0 Å². The molecule has 0 spiro atoms. The maximum Gasteiger partial charge on any atom is 0.161 e. The van der Waals surface area contributed by atoms with Crippen LogP contribution in [-0.2, 0) is 0 Å². The third kappa shape index (κ3) is 3.77. The first-order valence-electron chi connectivity index (χ1n) is 8.44. The van der Waals surface area contributed by atoms with Crippen molar-refractivity contribution in [3.63, 3.8) is 0 Å². The summed E-state index contributed by atoms with van der Waals surface area (Å²) in [5.41, 5.74) is 9.01. The monoisotopic (exact) mass is 444 g/mol. The van der Waals surface area contributed by atoms with Crippen LogP contribution in [0.25, 0.3) is 33.6 Å². The molecule has 0 saturated carbocycles. The van der Waals surface area contributed by atoms with E-state index in [4.69, 9.17) is 40.5 Å². The van der Waals surface area contributed by atoms with Gasteiger partial charge in [-0.1, -0.05) is 59.1 Å². The van der Waals surface area contributed by atoms with Crippen LogP contribution in [-0.4, -0.2) is 15.2 Å². The van der Waals surface area contributed by atoms with Crippen molar-refractivity contribution in [2.75, 3.05) is 5.73 Å². The highest BCUT2D eigenvalue weighted by molar-refractivity contribution is 6.38. The Balaban J connectivity index is 2.13. The predicted octanol–water partition coefficient (Wildman–Crippen LogP) is 6.55. The summed E-state index contributed by atoms with van der Waals surface area (Å²) < 4.78 is 14.6. The summed E-state index contributed by atoms with van der Waals surface area (Å²) in [6, 6.07) is 14.9. The molecule has 0 atom stereocenters. The molecule has 2 N–H and O–H groups in total. The van der Waals surface area contributed by atoms with Gasteiger partial charge in [0, 0.05) is 23.0 Å². The normalized spacial score (nSPS) is 10.9. The SMILES string of the molecule is Nc1cccc(-c2c(-c3ccccc3F)nnc(Cl)c2-c2ncc(Cl)cc2Cl)c1. The van der Waals surface area contributed by atoms with E-state index in [1.165, 1.54) is 12.3 Å². The number of anilines is 1. The zero-order chi connectivity index (χ0) is 20.5. The summed E-state index contributed by atoms with van der Waals surface area (Å²) in [4.78, 5) is 4.33. The van der Waals surface area contributed by atoms with Crippen LogP contribution in [0, 0.1) is 5.82 Å². The van der Waals surface area contributed by atoms with Crippen molar-refractivity contribution < 1.29 is 4.39 Å². The lowest BCUT2D eigenvalue weighted by Gasteiger charge is -2.16. The lowest BCUT2D eigenvalue weighted by molar-refractivity contribution is 0.630. The van der Waals surface area contributed by atoms with Crippen LogP contribution in [0.3, 0.4) is 0 Å². The van der Waals surface area contributed by atoms with Crippen LogP contribution in [0.4, 0.5) is 10.1 Å². The molecule has 4 aromatic rings. The van der Waals surface area contributed by atoms with Crippen LogP contribution in [0.2, 0.25) is 15.2 Å². The van der Waals surface area contributed by atoms with Gasteiger partial charge in [0.05, 0.1) is 21.3 Å². The zero-order valence-corrected chi connectivity index (χ0v) is 17.0. The van der Waals surface area contributed by atoms with Crippen LogP contribution >= 0.6 is 34.8 Å². The number of benzene rings is 2. The molecular weight excluding hydrogens is 434 g/mol. The Morgan fingerprint density at radius 2 is 1.62 bits per heavy atom. The standard InChI is InChI=1S/C21H12Cl3FN4/c22-12-9-15(23)20(27-10-12)18-17(11-4-3-5-13(26)8-11)19(28-29-21(18)24)14-6-1-2-7-16(14)25/h1-10H,26H2. The van der Waals surface area contributed by atoms with Crippen molar-refractivity contribution in [2.45, 2.75) is 0 Å². The van der Waals surface area contributed by atoms with Crippen molar-refractivity contribution in [1.29, 1.82) is 0 Å². The minimum Gasteiger partial charge on any atom is -0.399 e. The highest BCUT2D eigenvalue weighted by Crippen LogP contribution is 2.44. The van der Waals surface area contributed by atoms with E-state index in [9.17, 15) is 4.39 Å². The van der Waals surface area contributed by atoms with E-state index in [0.29, 0.717) is 38.8 Å². The molecule has 0 aliphatic heterocycles. The lowest BCUT2D eigenvalue weighted by Crippen LogP contribution is -2.01. The third-order valence-electron chi connectivity index (χ3n) is 4.28. The highest BCUT2D eigenvalue weighted by atomic mass is 35.5. The molecule has 0 unspecified atom stereocenters. The maximum absolute atomic E-state index is 14.6. The summed E-state index contributed by atoms with van der Waals surface area (Å²) >= 11 is 18.8. The lowest BCUT2D eigenvalue weighted by atomic mass is 9.93. The number of hydrogen-bond donors (Lipinski definition) is 1. The Morgan fingerprint density at radius 1 is 0.828 bits per heavy atom. The van der Waals surface area contributed by atoms with Gasteiger partial charge in [-0.15, -0.1) is 10.2 Å². The van der Waals surface area contributed by atoms with E-state index in [1.54, 1.807) is 42.5 Å². The van der Waals surface area contributed by atoms with E-state index in [2.05, 4.69) is 15.2 Å². The molecule has 0 amide bonds. The second-order valence-electron chi connectivity index (χ2n) is 6.18. The number of hydrogen-bond acceptors (Lipinski definition) is 4. The van der Waals surface area contributed by atoms with Crippen LogP contribution in [0.15, 0.2) is 60.8 Å². The number of nitrogens with two attached hydrogens (primary N) is 1. The van der Waals surface area contributed by atoms with Gasteiger partial charge in [-0.25, -0.2) is 4.39 Å². The molecule has 4 rings (SSSR count). The number of pyridine rings is 1. The first kappa shape index (κ1) is 19.6. The quantitative estimate of drug-likeness (QED) is 0.363. The highest BCUT2D eigenvalue weighted by Gasteiger charge is 2.24. The molecular formula is C21H12Cl3FN4. The Labute approximate surface area is 181 Å². The van der Waals surface area contributed by atoms with Gasteiger partial charge in [-0.2, -0.15) is 0 Å². The first-order chi connectivity index (χ1) is 14.0. The summed E-state index contributed by atoms with van der Waals surface area (Å²) in [5, 5.41) is 8.94. The molecule has 29 heavy (non-hydrogen) atoms.